The molecule has 2 bridgehead atoms. The summed E-state index contributed by atoms with van der Waals surface area (Å²) in [4.78, 5) is 17.1. The minimum Gasteiger partial charge on any atom is -0.298 e. The van der Waals surface area contributed by atoms with E-state index in [2.05, 4.69) is 31.2 Å². The SMILES string of the molecule is CC1(C)/C(=N/OC(=O)Nc2ccc(Cl)c(Cl)c2)[C@@]2(C)CC[C@H]1C2. The van der Waals surface area contributed by atoms with E-state index in [1.807, 2.05) is 0 Å². The van der Waals surface area contributed by atoms with Crippen LogP contribution in [0.15, 0.2) is 23.4 Å². The van der Waals surface area contributed by atoms with Gasteiger partial charge < -0.3 is 0 Å². The summed E-state index contributed by atoms with van der Waals surface area (Å²) in [6, 6.07) is 4.85. The summed E-state index contributed by atoms with van der Waals surface area (Å²) < 4.78 is 0. The van der Waals surface area contributed by atoms with Crippen LogP contribution in [0.3, 0.4) is 0 Å². The van der Waals surface area contributed by atoms with Crippen LogP contribution in [0.2, 0.25) is 10.0 Å². The van der Waals surface area contributed by atoms with E-state index in [0.717, 1.165) is 18.6 Å². The molecule has 1 amide bonds. The monoisotopic (exact) mass is 354 g/mol. The van der Waals surface area contributed by atoms with Crippen LogP contribution in [-0.2, 0) is 4.84 Å². The van der Waals surface area contributed by atoms with Crippen molar-refractivity contribution in [3.05, 3.63) is 28.2 Å². The Labute approximate surface area is 146 Å². The Kier molecular flexibility index (Phi) is 4.09. The predicted octanol–water partition coefficient (Wildman–Crippen LogP) is 5.74. The van der Waals surface area contributed by atoms with Crippen molar-refractivity contribution in [2.24, 2.45) is 21.9 Å². The molecule has 0 aromatic heterocycles. The van der Waals surface area contributed by atoms with Gasteiger partial charge in [0.05, 0.1) is 15.8 Å². The Balaban J connectivity index is 1.70. The number of fused-ring (bicyclic) bond motifs is 2. The molecule has 2 aliphatic rings. The Hall–Kier alpha value is -1.26. The van der Waals surface area contributed by atoms with Crippen molar-refractivity contribution >= 4 is 40.7 Å². The van der Waals surface area contributed by atoms with Gasteiger partial charge in [-0.15, -0.1) is 0 Å². The molecule has 4 nitrogen and oxygen atoms in total. The number of anilines is 1. The summed E-state index contributed by atoms with van der Waals surface area (Å²) in [6.07, 6.45) is 2.82. The molecular weight excluding hydrogens is 335 g/mol. The molecule has 124 valence electrons. The highest BCUT2D eigenvalue weighted by atomic mass is 35.5. The van der Waals surface area contributed by atoms with Gasteiger partial charge in [-0.2, -0.15) is 0 Å². The van der Waals surface area contributed by atoms with Gasteiger partial charge in [-0.3, -0.25) is 10.2 Å². The van der Waals surface area contributed by atoms with Crippen molar-refractivity contribution in [2.45, 2.75) is 40.0 Å². The second-order valence-electron chi connectivity index (χ2n) is 7.29. The zero-order chi connectivity index (χ0) is 16.8. The fraction of sp³-hybridized carbons (Fsp3) is 0.529. The van der Waals surface area contributed by atoms with Crippen molar-refractivity contribution in [3.8, 4) is 0 Å². The summed E-state index contributed by atoms with van der Waals surface area (Å²) >= 11 is 11.8. The number of hydrogen-bond donors (Lipinski definition) is 1. The zero-order valence-electron chi connectivity index (χ0n) is 13.5. The number of amides is 1. The van der Waals surface area contributed by atoms with Gasteiger partial charge in [-0.05, 0) is 43.4 Å². The Morgan fingerprint density at radius 1 is 1.30 bits per heavy atom. The van der Waals surface area contributed by atoms with Crippen LogP contribution in [0.1, 0.15) is 40.0 Å². The molecule has 2 fully saturated rings. The highest BCUT2D eigenvalue weighted by Gasteiger charge is 2.57. The molecule has 6 heteroatoms. The van der Waals surface area contributed by atoms with E-state index in [4.69, 9.17) is 28.0 Å². The fourth-order valence-electron chi connectivity index (χ4n) is 4.07. The van der Waals surface area contributed by atoms with E-state index in [1.165, 1.54) is 6.42 Å². The third kappa shape index (κ3) is 2.94. The van der Waals surface area contributed by atoms with Crippen molar-refractivity contribution in [1.82, 2.24) is 0 Å². The highest BCUT2D eigenvalue weighted by molar-refractivity contribution is 6.42. The van der Waals surface area contributed by atoms with Gasteiger partial charge in [0.2, 0.25) is 0 Å². The number of oxime groups is 1. The van der Waals surface area contributed by atoms with Gasteiger partial charge in [0.1, 0.15) is 0 Å². The first-order valence-corrected chi connectivity index (χ1v) is 8.50. The minimum atomic E-state index is -0.627. The number of rotatable bonds is 2. The van der Waals surface area contributed by atoms with Gasteiger partial charge in [-0.25, -0.2) is 4.79 Å². The molecule has 1 aromatic rings. The van der Waals surface area contributed by atoms with Crippen LogP contribution >= 0.6 is 23.2 Å². The van der Waals surface area contributed by atoms with E-state index >= 15 is 0 Å². The largest absolute Gasteiger partial charge is 0.437 e. The summed E-state index contributed by atoms with van der Waals surface area (Å²) in [6.45, 7) is 6.57. The normalized spacial score (nSPS) is 29.8. The van der Waals surface area contributed by atoms with E-state index in [0.29, 0.717) is 21.7 Å². The van der Waals surface area contributed by atoms with Crippen LogP contribution in [0.4, 0.5) is 10.5 Å². The van der Waals surface area contributed by atoms with Crippen molar-refractivity contribution in [3.63, 3.8) is 0 Å². The van der Waals surface area contributed by atoms with Crippen molar-refractivity contribution in [2.75, 3.05) is 5.32 Å². The lowest BCUT2D eigenvalue weighted by molar-refractivity contribution is 0.162. The molecule has 2 atom stereocenters. The number of nitrogens with zero attached hydrogens (tertiary/aromatic N) is 1. The number of halogens is 2. The first-order valence-electron chi connectivity index (χ1n) is 7.74. The molecule has 1 N–H and O–H groups in total. The first kappa shape index (κ1) is 16.6. The highest BCUT2D eigenvalue weighted by Crippen LogP contribution is 2.60. The van der Waals surface area contributed by atoms with Gasteiger partial charge in [0.15, 0.2) is 0 Å². The average Bonchev–Trinajstić information content (AvgIpc) is 2.93. The molecule has 1 aromatic carbocycles. The van der Waals surface area contributed by atoms with Gasteiger partial charge >= 0.3 is 6.09 Å². The number of carbonyl (C=O) groups is 1. The molecule has 2 aliphatic carbocycles. The topological polar surface area (TPSA) is 50.7 Å². The first-order chi connectivity index (χ1) is 10.7. The summed E-state index contributed by atoms with van der Waals surface area (Å²) in [5.74, 6) is 0.619. The van der Waals surface area contributed by atoms with Gasteiger partial charge in [0, 0.05) is 16.5 Å². The zero-order valence-corrected chi connectivity index (χ0v) is 15.0. The summed E-state index contributed by atoms with van der Waals surface area (Å²) in [7, 11) is 0. The Morgan fingerprint density at radius 2 is 2.04 bits per heavy atom. The predicted molar refractivity (Wildman–Crippen MR) is 93.2 cm³/mol. The van der Waals surface area contributed by atoms with Crippen LogP contribution in [-0.4, -0.2) is 11.8 Å². The van der Waals surface area contributed by atoms with Crippen molar-refractivity contribution in [1.29, 1.82) is 0 Å². The van der Waals surface area contributed by atoms with E-state index < -0.39 is 6.09 Å². The molecular formula is C17H20Cl2N2O2. The second kappa shape index (κ2) is 5.67. The number of nitrogens with one attached hydrogen (secondary N) is 1. The number of carbonyl (C=O) groups excluding carboxylic acids is 1. The molecule has 0 radical (unpaired) electrons. The Morgan fingerprint density at radius 3 is 2.65 bits per heavy atom. The maximum atomic E-state index is 12.0. The van der Waals surface area contributed by atoms with Gasteiger partial charge in [0.25, 0.3) is 0 Å². The van der Waals surface area contributed by atoms with Crippen LogP contribution in [0.25, 0.3) is 0 Å². The second-order valence-corrected chi connectivity index (χ2v) is 8.11. The summed E-state index contributed by atoms with van der Waals surface area (Å²) in [5, 5.41) is 7.62. The van der Waals surface area contributed by atoms with E-state index in [1.54, 1.807) is 18.2 Å². The van der Waals surface area contributed by atoms with E-state index in [-0.39, 0.29) is 10.8 Å². The Bertz CT molecular complexity index is 680. The summed E-state index contributed by atoms with van der Waals surface area (Å²) in [5.41, 5.74) is 1.54. The van der Waals surface area contributed by atoms with E-state index in [9.17, 15) is 4.79 Å². The minimum absolute atomic E-state index is 0.0170. The molecule has 3 rings (SSSR count). The lowest BCUT2D eigenvalue weighted by Gasteiger charge is -2.34. The third-order valence-electron chi connectivity index (χ3n) is 5.33. The lowest BCUT2D eigenvalue weighted by atomic mass is 9.71. The average molecular weight is 355 g/mol. The standard InChI is InChI=1S/C17H20Cl2N2O2/c1-16(2)10-6-7-17(3,9-10)14(16)21-23-15(22)20-11-4-5-12(18)13(19)8-11/h4-5,8,10H,6-7,9H2,1-3H3,(H,20,22)/b21-14-/t10-,17-/m0/s1. The van der Waals surface area contributed by atoms with Crippen molar-refractivity contribution < 1.29 is 9.63 Å². The molecule has 0 aliphatic heterocycles. The number of hydrogen-bond acceptors (Lipinski definition) is 3. The van der Waals surface area contributed by atoms with Crippen LogP contribution in [0, 0.1) is 16.7 Å². The smallest absolute Gasteiger partial charge is 0.298 e. The molecule has 23 heavy (non-hydrogen) atoms. The molecule has 0 saturated heterocycles. The lowest BCUT2D eigenvalue weighted by Crippen LogP contribution is -2.36. The maximum Gasteiger partial charge on any atom is 0.437 e. The number of benzene rings is 1. The van der Waals surface area contributed by atoms with Gasteiger partial charge in [-0.1, -0.05) is 49.1 Å². The molecule has 0 spiro atoms. The van der Waals surface area contributed by atoms with Crippen LogP contribution < -0.4 is 5.32 Å². The molecule has 2 saturated carbocycles. The molecule has 0 heterocycles. The fourth-order valence-corrected chi connectivity index (χ4v) is 4.37. The molecule has 0 unspecified atom stereocenters. The van der Waals surface area contributed by atoms with Crippen LogP contribution in [0.5, 0.6) is 0 Å². The third-order valence-corrected chi connectivity index (χ3v) is 6.07. The quantitative estimate of drug-likeness (QED) is 0.543. The maximum absolute atomic E-state index is 12.0.